The van der Waals surface area contributed by atoms with E-state index in [1.807, 2.05) is 6.07 Å². The molecule has 6 nitrogen and oxygen atoms in total. The Hall–Kier alpha value is -1.17. The monoisotopic (exact) mass is 318 g/mol. The largest absolute Gasteiger partial charge is 0.394 e. The Morgan fingerprint density at radius 1 is 1.40 bits per heavy atom. The van der Waals surface area contributed by atoms with Crippen LogP contribution in [0.2, 0.25) is 5.02 Å². The maximum absolute atomic E-state index is 12.2. The van der Waals surface area contributed by atoms with Crippen molar-refractivity contribution >= 4 is 21.6 Å². The first kappa shape index (κ1) is 16.9. The molecule has 0 saturated carbocycles. The number of aliphatic hydroxyl groups excluding tert-OH is 2. The summed E-state index contributed by atoms with van der Waals surface area (Å²) in [4.78, 5) is -0.210. The molecule has 0 heterocycles. The van der Waals surface area contributed by atoms with Gasteiger partial charge >= 0.3 is 0 Å². The molecule has 0 amide bonds. The lowest BCUT2D eigenvalue weighted by atomic mass is 10.0. The molecule has 0 aliphatic rings. The average molecular weight is 319 g/mol. The average Bonchev–Trinajstić information content (AvgIpc) is 2.44. The smallest absolute Gasteiger partial charge is 0.242 e. The van der Waals surface area contributed by atoms with Gasteiger partial charge in [-0.05, 0) is 24.6 Å². The second kappa shape index (κ2) is 6.52. The molecule has 110 valence electrons. The van der Waals surface area contributed by atoms with Crippen molar-refractivity contribution in [2.45, 2.75) is 23.8 Å². The standard InChI is InChI=1S/C12H15ClN2O4S/c1-2-12(7-16,8-17)15-20(18,19)11-4-3-9(6-14)5-10(11)13/h3-5,15-17H,2,7-8H2,1H3. The van der Waals surface area contributed by atoms with Crippen LogP contribution in [0.5, 0.6) is 0 Å². The first-order chi connectivity index (χ1) is 9.34. The summed E-state index contributed by atoms with van der Waals surface area (Å²) in [7, 11) is -4.02. The van der Waals surface area contributed by atoms with Gasteiger partial charge in [-0.1, -0.05) is 18.5 Å². The zero-order chi connectivity index (χ0) is 15.4. The van der Waals surface area contributed by atoms with Gasteiger partial charge < -0.3 is 10.2 Å². The fourth-order valence-corrected chi connectivity index (χ4v) is 3.54. The number of nitrogens with zero attached hydrogens (tertiary/aromatic N) is 1. The van der Waals surface area contributed by atoms with E-state index in [9.17, 15) is 18.6 Å². The molecule has 0 spiro atoms. The summed E-state index contributed by atoms with van der Waals surface area (Å²) in [5.74, 6) is 0. The highest BCUT2D eigenvalue weighted by molar-refractivity contribution is 7.89. The van der Waals surface area contributed by atoms with Crippen molar-refractivity contribution in [1.29, 1.82) is 5.26 Å². The molecule has 1 rings (SSSR count). The first-order valence-electron chi connectivity index (χ1n) is 5.79. The number of nitrogens with one attached hydrogen (secondary N) is 1. The van der Waals surface area contributed by atoms with Gasteiger partial charge in [0.05, 0.1) is 35.4 Å². The molecule has 0 aliphatic heterocycles. The number of nitriles is 1. The van der Waals surface area contributed by atoms with Gasteiger partial charge in [0.25, 0.3) is 0 Å². The van der Waals surface area contributed by atoms with Crippen LogP contribution in [0.1, 0.15) is 18.9 Å². The Bertz CT molecular complexity index is 613. The van der Waals surface area contributed by atoms with E-state index in [0.29, 0.717) is 0 Å². The van der Waals surface area contributed by atoms with Gasteiger partial charge in [0.2, 0.25) is 10.0 Å². The lowest BCUT2D eigenvalue weighted by Gasteiger charge is -2.29. The minimum absolute atomic E-state index is 0.0996. The van der Waals surface area contributed by atoms with Gasteiger partial charge in [-0.2, -0.15) is 5.26 Å². The van der Waals surface area contributed by atoms with Crippen LogP contribution in [-0.2, 0) is 10.0 Å². The topological polar surface area (TPSA) is 110 Å². The van der Waals surface area contributed by atoms with Gasteiger partial charge in [-0.3, -0.25) is 0 Å². The minimum atomic E-state index is -4.02. The lowest BCUT2D eigenvalue weighted by molar-refractivity contribution is 0.105. The molecule has 1 aromatic rings. The van der Waals surface area contributed by atoms with Gasteiger partial charge in [0, 0.05) is 0 Å². The van der Waals surface area contributed by atoms with Crippen molar-refractivity contribution in [3.05, 3.63) is 28.8 Å². The van der Waals surface area contributed by atoms with E-state index in [2.05, 4.69) is 4.72 Å². The summed E-state index contributed by atoms with van der Waals surface area (Å²) in [6.07, 6.45) is 0.202. The summed E-state index contributed by atoms with van der Waals surface area (Å²) in [6, 6.07) is 5.62. The molecule has 3 N–H and O–H groups in total. The van der Waals surface area contributed by atoms with Crippen LogP contribution in [0, 0.1) is 11.3 Å². The van der Waals surface area contributed by atoms with Gasteiger partial charge in [0.1, 0.15) is 4.90 Å². The van der Waals surface area contributed by atoms with Crippen LogP contribution in [-0.4, -0.2) is 37.4 Å². The van der Waals surface area contributed by atoms with Crippen molar-refractivity contribution in [2.24, 2.45) is 0 Å². The molecular formula is C12H15ClN2O4S. The molecule has 0 fully saturated rings. The van der Waals surface area contributed by atoms with Crippen LogP contribution >= 0.6 is 11.6 Å². The first-order valence-corrected chi connectivity index (χ1v) is 7.65. The second-order valence-electron chi connectivity index (χ2n) is 4.31. The Morgan fingerprint density at radius 2 is 2.00 bits per heavy atom. The number of benzene rings is 1. The van der Waals surface area contributed by atoms with Crippen molar-refractivity contribution in [3.63, 3.8) is 0 Å². The molecule has 0 aliphatic carbocycles. The maximum atomic E-state index is 12.2. The second-order valence-corrected chi connectivity index (χ2v) is 6.37. The molecule has 0 saturated heterocycles. The summed E-state index contributed by atoms with van der Waals surface area (Å²) < 4.78 is 26.7. The predicted octanol–water partition coefficient (Wildman–Crippen LogP) is 0.623. The normalized spacial score (nSPS) is 12.2. The predicted molar refractivity (Wildman–Crippen MR) is 73.7 cm³/mol. The lowest BCUT2D eigenvalue weighted by Crippen LogP contribution is -2.53. The van der Waals surface area contributed by atoms with Gasteiger partial charge in [-0.25, -0.2) is 13.1 Å². The van der Waals surface area contributed by atoms with Crippen molar-refractivity contribution < 1.29 is 18.6 Å². The molecule has 20 heavy (non-hydrogen) atoms. The quantitative estimate of drug-likeness (QED) is 0.712. The minimum Gasteiger partial charge on any atom is -0.394 e. The molecule has 0 bridgehead atoms. The number of hydrogen-bond acceptors (Lipinski definition) is 5. The fraction of sp³-hybridized carbons (Fsp3) is 0.417. The van der Waals surface area contributed by atoms with Crippen LogP contribution in [0.3, 0.4) is 0 Å². The van der Waals surface area contributed by atoms with E-state index in [1.165, 1.54) is 18.2 Å². The fourth-order valence-electron chi connectivity index (χ4n) is 1.54. The Morgan fingerprint density at radius 3 is 2.40 bits per heavy atom. The highest BCUT2D eigenvalue weighted by Crippen LogP contribution is 2.24. The summed E-state index contributed by atoms with van der Waals surface area (Å²) in [5.41, 5.74) is -1.11. The summed E-state index contributed by atoms with van der Waals surface area (Å²) in [6.45, 7) is 0.537. The Kier molecular flexibility index (Phi) is 5.50. The molecular weight excluding hydrogens is 304 g/mol. The zero-order valence-electron chi connectivity index (χ0n) is 10.8. The Balaban J connectivity index is 3.21. The zero-order valence-corrected chi connectivity index (χ0v) is 12.4. The highest BCUT2D eigenvalue weighted by atomic mass is 35.5. The molecule has 0 aromatic heterocycles. The number of rotatable bonds is 6. The molecule has 0 unspecified atom stereocenters. The third kappa shape index (κ3) is 3.48. The maximum Gasteiger partial charge on any atom is 0.242 e. The summed E-state index contributed by atoms with van der Waals surface area (Å²) in [5, 5.41) is 27.2. The Labute approximate surface area is 122 Å². The molecule has 8 heteroatoms. The van der Waals surface area contributed by atoms with E-state index in [0.717, 1.165) is 0 Å². The number of halogens is 1. The van der Waals surface area contributed by atoms with Crippen molar-refractivity contribution in [1.82, 2.24) is 4.72 Å². The molecule has 1 aromatic carbocycles. The van der Waals surface area contributed by atoms with Crippen LogP contribution in [0.25, 0.3) is 0 Å². The van der Waals surface area contributed by atoms with E-state index in [4.69, 9.17) is 16.9 Å². The SMILES string of the molecule is CCC(CO)(CO)NS(=O)(=O)c1ccc(C#N)cc1Cl. The third-order valence-electron chi connectivity index (χ3n) is 2.98. The number of aliphatic hydroxyl groups is 2. The number of hydrogen-bond donors (Lipinski definition) is 3. The van der Waals surface area contributed by atoms with E-state index >= 15 is 0 Å². The summed E-state index contributed by atoms with van der Waals surface area (Å²) >= 11 is 5.86. The van der Waals surface area contributed by atoms with E-state index in [-0.39, 0.29) is 21.9 Å². The van der Waals surface area contributed by atoms with Crippen molar-refractivity contribution in [2.75, 3.05) is 13.2 Å². The van der Waals surface area contributed by atoms with Crippen molar-refractivity contribution in [3.8, 4) is 6.07 Å². The van der Waals surface area contributed by atoms with Crippen LogP contribution in [0.4, 0.5) is 0 Å². The van der Waals surface area contributed by atoms with E-state index in [1.54, 1.807) is 6.92 Å². The van der Waals surface area contributed by atoms with E-state index < -0.39 is 28.8 Å². The molecule has 0 radical (unpaired) electrons. The third-order valence-corrected chi connectivity index (χ3v) is 5.05. The number of sulfonamides is 1. The van der Waals surface area contributed by atoms with Gasteiger partial charge in [0.15, 0.2) is 0 Å². The van der Waals surface area contributed by atoms with Gasteiger partial charge in [-0.15, -0.1) is 0 Å². The van der Waals surface area contributed by atoms with Crippen LogP contribution < -0.4 is 4.72 Å². The molecule has 0 atom stereocenters. The van der Waals surface area contributed by atoms with Crippen LogP contribution in [0.15, 0.2) is 23.1 Å². The highest BCUT2D eigenvalue weighted by Gasteiger charge is 2.33.